The highest BCUT2D eigenvalue weighted by molar-refractivity contribution is 6.30. The fourth-order valence-corrected chi connectivity index (χ4v) is 3.48. The Morgan fingerprint density at radius 3 is 2.68 bits per heavy atom. The third kappa shape index (κ3) is 6.17. The van der Waals surface area contributed by atoms with Gasteiger partial charge in [-0.05, 0) is 30.2 Å². The van der Waals surface area contributed by atoms with Gasteiger partial charge in [-0.2, -0.15) is 0 Å². The van der Waals surface area contributed by atoms with Crippen LogP contribution in [0.3, 0.4) is 0 Å². The Hall–Kier alpha value is -1.66. The van der Waals surface area contributed by atoms with Crippen LogP contribution >= 0.6 is 36.4 Å². The number of anilines is 1. The lowest BCUT2D eigenvalue weighted by atomic mass is 10.0. The Morgan fingerprint density at radius 1 is 1.29 bits per heavy atom. The molecule has 2 aromatic carbocycles. The Balaban J connectivity index is 0.00000196. The number of ether oxygens (including phenoxy) is 1. The van der Waals surface area contributed by atoms with Crippen molar-refractivity contribution in [3.05, 3.63) is 59.1 Å². The molecule has 1 amide bonds. The molecule has 2 unspecified atom stereocenters. The van der Waals surface area contributed by atoms with Gasteiger partial charge in [-0.3, -0.25) is 4.79 Å². The van der Waals surface area contributed by atoms with Gasteiger partial charge in [0, 0.05) is 36.6 Å². The molecule has 1 fully saturated rings. The molecule has 0 aromatic heterocycles. The molecule has 5 nitrogen and oxygen atoms in total. The second-order valence-corrected chi connectivity index (χ2v) is 6.97. The van der Waals surface area contributed by atoms with E-state index >= 15 is 0 Å². The first kappa shape index (κ1) is 24.4. The lowest BCUT2D eigenvalue weighted by molar-refractivity contribution is -0.122. The summed E-state index contributed by atoms with van der Waals surface area (Å²) in [6.07, 6.45) is 1.16. The van der Waals surface area contributed by atoms with Crippen LogP contribution in [-0.2, 0) is 4.79 Å². The molecule has 1 heterocycles. The van der Waals surface area contributed by atoms with Crippen LogP contribution in [0.1, 0.15) is 24.4 Å². The summed E-state index contributed by atoms with van der Waals surface area (Å²) in [4.78, 5) is 14.5. The van der Waals surface area contributed by atoms with Crippen molar-refractivity contribution in [1.82, 2.24) is 5.32 Å². The molecule has 154 valence electrons. The molecule has 2 atom stereocenters. The number of methoxy groups -OCH3 is 1. The fraction of sp³-hybridized carbons (Fsp3) is 0.350. The summed E-state index contributed by atoms with van der Waals surface area (Å²) in [6.45, 7) is 1.56. The van der Waals surface area contributed by atoms with Crippen LogP contribution < -0.4 is 20.7 Å². The number of nitrogens with one attached hydrogen (secondary N) is 1. The molecule has 1 aliphatic rings. The Bertz CT molecular complexity index is 762. The number of amides is 1. The lowest BCUT2D eigenvalue weighted by Gasteiger charge is -2.22. The number of hydrogen-bond acceptors (Lipinski definition) is 4. The third-order valence-electron chi connectivity index (χ3n) is 4.67. The lowest BCUT2D eigenvalue weighted by Crippen LogP contribution is -2.38. The molecule has 3 N–H and O–H groups in total. The second-order valence-electron chi connectivity index (χ2n) is 6.54. The van der Waals surface area contributed by atoms with Crippen molar-refractivity contribution in [2.45, 2.75) is 24.9 Å². The molecule has 0 saturated carbocycles. The third-order valence-corrected chi connectivity index (χ3v) is 4.90. The average Bonchev–Trinajstić information content (AvgIpc) is 3.10. The number of benzene rings is 2. The summed E-state index contributed by atoms with van der Waals surface area (Å²) in [5.41, 5.74) is 8.07. The molecule has 0 radical (unpaired) electrons. The molecule has 3 rings (SSSR count). The molecule has 2 aromatic rings. The van der Waals surface area contributed by atoms with Crippen molar-refractivity contribution >= 4 is 48.0 Å². The van der Waals surface area contributed by atoms with Gasteiger partial charge >= 0.3 is 0 Å². The highest BCUT2D eigenvalue weighted by atomic mass is 35.5. The zero-order valence-electron chi connectivity index (χ0n) is 15.6. The van der Waals surface area contributed by atoms with Crippen LogP contribution in [-0.4, -0.2) is 32.1 Å². The molecule has 28 heavy (non-hydrogen) atoms. The van der Waals surface area contributed by atoms with Crippen LogP contribution in [0, 0.1) is 0 Å². The van der Waals surface area contributed by atoms with Crippen LogP contribution in [0.25, 0.3) is 0 Å². The van der Waals surface area contributed by atoms with Gasteiger partial charge in [0.05, 0.1) is 12.8 Å². The van der Waals surface area contributed by atoms with Gasteiger partial charge in [-0.25, -0.2) is 0 Å². The van der Waals surface area contributed by atoms with E-state index in [0.717, 1.165) is 36.5 Å². The predicted octanol–water partition coefficient (Wildman–Crippen LogP) is 3.98. The Morgan fingerprint density at radius 2 is 2.00 bits per heavy atom. The van der Waals surface area contributed by atoms with Gasteiger partial charge in [-0.15, -0.1) is 24.8 Å². The van der Waals surface area contributed by atoms with Crippen LogP contribution in [0.2, 0.25) is 5.02 Å². The maximum Gasteiger partial charge on any atom is 0.222 e. The Labute approximate surface area is 183 Å². The zero-order valence-corrected chi connectivity index (χ0v) is 18.0. The summed E-state index contributed by atoms with van der Waals surface area (Å²) < 4.78 is 5.43. The average molecular weight is 447 g/mol. The van der Waals surface area contributed by atoms with Crippen LogP contribution in [0.4, 0.5) is 5.69 Å². The SMILES string of the molecule is COc1ccc(Cl)cc1N1CCC(NC(=O)CC(N)c2ccccc2)C1.Cl.Cl. The fourth-order valence-electron chi connectivity index (χ4n) is 3.31. The van der Waals surface area contributed by atoms with E-state index in [0.29, 0.717) is 5.02 Å². The zero-order chi connectivity index (χ0) is 18.5. The number of nitrogens with two attached hydrogens (primary N) is 1. The van der Waals surface area contributed by atoms with Gasteiger partial charge in [0.1, 0.15) is 5.75 Å². The minimum absolute atomic E-state index is 0. The largest absolute Gasteiger partial charge is 0.495 e. The highest BCUT2D eigenvalue weighted by Gasteiger charge is 2.26. The quantitative estimate of drug-likeness (QED) is 0.704. The van der Waals surface area contributed by atoms with Gasteiger partial charge in [0.15, 0.2) is 0 Å². The first-order valence-corrected chi connectivity index (χ1v) is 9.13. The van der Waals surface area contributed by atoms with Crippen molar-refractivity contribution in [2.75, 3.05) is 25.1 Å². The molecule has 0 bridgehead atoms. The van der Waals surface area contributed by atoms with E-state index in [9.17, 15) is 4.79 Å². The number of carbonyl (C=O) groups is 1. The number of carbonyl (C=O) groups excluding carboxylic acids is 1. The van der Waals surface area contributed by atoms with Gasteiger partial charge in [0.2, 0.25) is 5.91 Å². The summed E-state index contributed by atoms with van der Waals surface area (Å²) in [5.74, 6) is 0.763. The minimum atomic E-state index is -0.290. The molecule has 8 heteroatoms. The molecule has 1 saturated heterocycles. The Kier molecular flexibility index (Phi) is 9.90. The maximum absolute atomic E-state index is 12.3. The topological polar surface area (TPSA) is 67.6 Å². The van der Waals surface area contributed by atoms with Crippen LogP contribution in [0.5, 0.6) is 5.75 Å². The summed E-state index contributed by atoms with van der Waals surface area (Å²) >= 11 is 6.12. The molecule has 0 aliphatic carbocycles. The van der Waals surface area contributed by atoms with E-state index in [1.807, 2.05) is 48.5 Å². The van der Waals surface area contributed by atoms with Crippen molar-refractivity contribution in [2.24, 2.45) is 5.73 Å². The standard InChI is InChI=1S/C20H24ClN3O2.2ClH/c1-26-19-8-7-15(21)11-18(19)24-10-9-16(13-24)23-20(25)12-17(22)14-5-3-2-4-6-14;;/h2-8,11,16-17H,9-10,12-13,22H2,1H3,(H,23,25);2*1H. The van der Waals surface area contributed by atoms with Gasteiger partial charge in [-0.1, -0.05) is 41.9 Å². The van der Waals surface area contributed by atoms with Crippen molar-refractivity contribution < 1.29 is 9.53 Å². The van der Waals surface area contributed by atoms with E-state index in [1.165, 1.54) is 0 Å². The first-order chi connectivity index (χ1) is 12.6. The number of halogens is 3. The van der Waals surface area contributed by atoms with E-state index in [-0.39, 0.29) is 49.2 Å². The van der Waals surface area contributed by atoms with Crippen molar-refractivity contribution in [3.8, 4) is 5.75 Å². The van der Waals surface area contributed by atoms with Crippen molar-refractivity contribution in [1.29, 1.82) is 0 Å². The predicted molar refractivity (Wildman–Crippen MR) is 119 cm³/mol. The van der Waals surface area contributed by atoms with Gasteiger partial charge < -0.3 is 20.7 Å². The van der Waals surface area contributed by atoms with Gasteiger partial charge in [0.25, 0.3) is 0 Å². The first-order valence-electron chi connectivity index (χ1n) is 8.75. The molecule has 1 aliphatic heterocycles. The number of nitrogens with zero attached hydrogens (tertiary/aromatic N) is 1. The van der Waals surface area contributed by atoms with E-state index in [1.54, 1.807) is 7.11 Å². The number of hydrogen-bond donors (Lipinski definition) is 2. The van der Waals surface area contributed by atoms with E-state index < -0.39 is 0 Å². The molecular formula is C20H26Cl3N3O2. The second kappa shape index (κ2) is 11.4. The summed E-state index contributed by atoms with van der Waals surface area (Å²) in [5, 5.41) is 3.77. The van der Waals surface area contributed by atoms with E-state index in [2.05, 4.69) is 10.2 Å². The maximum atomic E-state index is 12.3. The monoisotopic (exact) mass is 445 g/mol. The highest BCUT2D eigenvalue weighted by Crippen LogP contribution is 2.33. The molecule has 0 spiro atoms. The van der Waals surface area contributed by atoms with Crippen molar-refractivity contribution in [3.63, 3.8) is 0 Å². The minimum Gasteiger partial charge on any atom is -0.495 e. The normalized spacial score (nSPS) is 16.5. The molecular weight excluding hydrogens is 421 g/mol. The van der Waals surface area contributed by atoms with E-state index in [4.69, 9.17) is 22.1 Å². The smallest absolute Gasteiger partial charge is 0.222 e. The number of rotatable bonds is 6. The summed E-state index contributed by atoms with van der Waals surface area (Å²) in [6, 6.07) is 15.1. The van der Waals surface area contributed by atoms with Crippen LogP contribution in [0.15, 0.2) is 48.5 Å². The summed E-state index contributed by atoms with van der Waals surface area (Å²) in [7, 11) is 1.65.